The van der Waals surface area contributed by atoms with Gasteiger partial charge in [0.1, 0.15) is 5.56 Å². The number of rotatable bonds is 3. The Kier molecular flexibility index (Phi) is 6.01. The second kappa shape index (κ2) is 7.97. The number of nitrogens with zero attached hydrogens (tertiary/aromatic N) is 1. The summed E-state index contributed by atoms with van der Waals surface area (Å²) in [6.07, 6.45) is 4.32. The third-order valence-electron chi connectivity index (χ3n) is 2.50. The Morgan fingerprint density at radius 2 is 1.55 bits per heavy atom. The Balaban J connectivity index is 0.000000422. The summed E-state index contributed by atoms with van der Waals surface area (Å²) in [6.45, 7) is 0. The molecule has 0 aliphatic carbocycles. The number of carbonyl (C=O) groups is 2. The highest BCUT2D eigenvalue weighted by Crippen LogP contribution is 2.20. The molecular formula is C16H11NO5. The quantitative estimate of drug-likeness (QED) is 0.406. The molecule has 0 heterocycles. The number of nitro benzene ring substituents is 1. The van der Waals surface area contributed by atoms with Gasteiger partial charge in [-0.2, -0.15) is 0 Å². The molecule has 0 spiro atoms. The van der Waals surface area contributed by atoms with Crippen molar-refractivity contribution in [1.29, 1.82) is 0 Å². The van der Waals surface area contributed by atoms with Crippen molar-refractivity contribution in [3.05, 3.63) is 75.8 Å². The lowest BCUT2D eigenvalue weighted by molar-refractivity contribution is -0.385. The van der Waals surface area contributed by atoms with Gasteiger partial charge in [0, 0.05) is 17.6 Å². The zero-order valence-electron chi connectivity index (χ0n) is 11.3. The number of hydrogen-bond acceptors (Lipinski definition) is 4. The van der Waals surface area contributed by atoms with Gasteiger partial charge < -0.3 is 5.11 Å². The summed E-state index contributed by atoms with van der Waals surface area (Å²) in [5.74, 6) is -0.108. The molecule has 0 saturated carbocycles. The van der Waals surface area contributed by atoms with Crippen LogP contribution in [0.3, 0.4) is 0 Å². The number of terminal acetylenes is 1. The number of para-hydroxylation sites is 1. The maximum Gasteiger partial charge on any atom is 0.381 e. The van der Waals surface area contributed by atoms with Crippen LogP contribution in [0, 0.1) is 22.5 Å². The average Bonchev–Trinajstić information content (AvgIpc) is 2.55. The predicted octanol–water partition coefficient (Wildman–Crippen LogP) is 2.53. The molecule has 1 N–H and O–H groups in total. The molecular weight excluding hydrogens is 286 g/mol. The summed E-state index contributed by atoms with van der Waals surface area (Å²) in [4.78, 5) is 31.5. The minimum atomic E-state index is -1.22. The van der Waals surface area contributed by atoms with Gasteiger partial charge in [-0.25, -0.2) is 4.79 Å². The van der Waals surface area contributed by atoms with Crippen LogP contribution in [0.1, 0.15) is 15.9 Å². The van der Waals surface area contributed by atoms with Gasteiger partial charge in [0.25, 0.3) is 5.69 Å². The number of ketones is 1. The van der Waals surface area contributed by atoms with E-state index in [0.29, 0.717) is 5.56 Å². The zero-order chi connectivity index (χ0) is 16.5. The van der Waals surface area contributed by atoms with Gasteiger partial charge in [-0.05, 0) is 6.07 Å². The zero-order valence-corrected chi connectivity index (χ0v) is 11.3. The fourth-order valence-electron chi connectivity index (χ4n) is 1.57. The number of nitro groups is 1. The van der Waals surface area contributed by atoms with E-state index in [1.807, 2.05) is 0 Å². The average molecular weight is 297 g/mol. The first kappa shape index (κ1) is 16.6. The van der Waals surface area contributed by atoms with E-state index in [-0.39, 0.29) is 17.0 Å². The van der Waals surface area contributed by atoms with Crippen LogP contribution in [0.2, 0.25) is 0 Å². The van der Waals surface area contributed by atoms with Crippen LogP contribution < -0.4 is 0 Å². The molecule has 0 fully saturated rings. The monoisotopic (exact) mass is 297 g/mol. The summed E-state index contributed by atoms with van der Waals surface area (Å²) < 4.78 is 0. The van der Waals surface area contributed by atoms with Gasteiger partial charge in [0.15, 0.2) is 5.78 Å². The normalized spacial score (nSPS) is 8.86. The number of benzene rings is 2. The van der Waals surface area contributed by atoms with E-state index in [1.165, 1.54) is 18.1 Å². The van der Waals surface area contributed by atoms with E-state index < -0.39 is 10.9 Å². The second-order valence-electron chi connectivity index (χ2n) is 3.92. The van der Waals surface area contributed by atoms with Crippen LogP contribution in [0.15, 0.2) is 54.6 Å². The molecule has 6 heteroatoms. The highest BCUT2D eigenvalue weighted by atomic mass is 16.6. The van der Waals surface area contributed by atoms with Crippen LogP contribution in [0.5, 0.6) is 0 Å². The van der Waals surface area contributed by atoms with E-state index >= 15 is 0 Å². The number of carbonyl (C=O) groups excluding carboxylic acids is 1. The fourth-order valence-corrected chi connectivity index (χ4v) is 1.57. The van der Waals surface area contributed by atoms with Crippen LogP contribution in [-0.2, 0) is 4.79 Å². The molecule has 0 amide bonds. The van der Waals surface area contributed by atoms with Crippen molar-refractivity contribution in [3.63, 3.8) is 0 Å². The van der Waals surface area contributed by atoms with E-state index in [4.69, 9.17) is 9.90 Å². The number of carboxylic acid groups (broad SMARTS) is 1. The first-order valence-corrected chi connectivity index (χ1v) is 6.00. The molecule has 0 radical (unpaired) electrons. The Morgan fingerprint density at radius 1 is 1.05 bits per heavy atom. The topological polar surface area (TPSA) is 97.5 Å². The second-order valence-corrected chi connectivity index (χ2v) is 3.92. The van der Waals surface area contributed by atoms with Crippen molar-refractivity contribution in [1.82, 2.24) is 0 Å². The van der Waals surface area contributed by atoms with Gasteiger partial charge >= 0.3 is 5.97 Å². The van der Waals surface area contributed by atoms with Gasteiger partial charge in [-0.1, -0.05) is 42.5 Å². The first-order chi connectivity index (χ1) is 10.5. The minimum absolute atomic E-state index is 0.115. The van der Waals surface area contributed by atoms with Crippen LogP contribution in [-0.4, -0.2) is 21.8 Å². The van der Waals surface area contributed by atoms with Gasteiger partial charge in [-0.15, -0.1) is 6.42 Å². The molecule has 2 aromatic rings. The lowest BCUT2D eigenvalue weighted by atomic mass is 10.0. The molecule has 6 nitrogen and oxygen atoms in total. The summed E-state index contributed by atoms with van der Waals surface area (Å²) in [5, 5.41) is 18.3. The Morgan fingerprint density at radius 3 is 2.05 bits per heavy atom. The molecule has 0 unspecified atom stereocenters. The van der Waals surface area contributed by atoms with Gasteiger partial charge in [0.2, 0.25) is 0 Å². The van der Waals surface area contributed by atoms with E-state index in [1.54, 1.807) is 42.5 Å². The van der Waals surface area contributed by atoms with Crippen LogP contribution >= 0.6 is 0 Å². The summed E-state index contributed by atoms with van der Waals surface area (Å²) >= 11 is 0. The van der Waals surface area contributed by atoms with E-state index in [2.05, 4.69) is 6.42 Å². The first-order valence-electron chi connectivity index (χ1n) is 6.00. The van der Waals surface area contributed by atoms with Crippen molar-refractivity contribution in [3.8, 4) is 12.3 Å². The lowest BCUT2D eigenvalue weighted by Gasteiger charge is -2.01. The van der Waals surface area contributed by atoms with Crippen molar-refractivity contribution < 1.29 is 19.6 Å². The SMILES string of the molecule is C#CC(=O)O.O=C(c1ccccc1)c1ccccc1[N+](=O)[O-]. The maximum atomic E-state index is 12.1. The number of hydrogen-bond donors (Lipinski definition) is 1. The van der Waals surface area contributed by atoms with Gasteiger partial charge in [-0.3, -0.25) is 14.9 Å². The van der Waals surface area contributed by atoms with Crippen LogP contribution in [0.25, 0.3) is 0 Å². The van der Waals surface area contributed by atoms with Crippen molar-refractivity contribution in [2.75, 3.05) is 0 Å². The summed E-state index contributed by atoms with van der Waals surface area (Å²) in [6, 6.07) is 14.5. The molecule has 0 atom stereocenters. The molecule has 110 valence electrons. The molecule has 2 rings (SSSR count). The predicted molar refractivity (Wildman–Crippen MR) is 79.4 cm³/mol. The Labute approximate surface area is 126 Å². The Bertz CT molecular complexity index is 732. The molecule has 0 aliphatic heterocycles. The van der Waals surface area contributed by atoms with Crippen molar-refractivity contribution in [2.24, 2.45) is 0 Å². The maximum absolute atomic E-state index is 12.1. The van der Waals surface area contributed by atoms with Crippen molar-refractivity contribution in [2.45, 2.75) is 0 Å². The smallest absolute Gasteiger partial charge is 0.381 e. The molecule has 2 aromatic carbocycles. The molecule has 22 heavy (non-hydrogen) atoms. The highest BCUT2D eigenvalue weighted by molar-refractivity contribution is 6.11. The van der Waals surface area contributed by atoms with Gasteiger partial charge in [0.05, 0.1) is 4.92 Å². The molecule has 0 aromatic heterocycles. The standard InChI is InChI=1S/C13H9NO3.C3H2O2/c15-13(10-6-2-1-3-7-10)11-8-4-5-9-12(11)14(16)17;1-2-3(4)5/h1-9H;1H,(H,4,5). The largest absolute Gasteiger partial charge is 0.472 e. The molecule has 0 bridgehead atoms. The lowest BCUT2D eigenvalue weighted by Crippen LogP contribution is -2.04. The highest BCUT2D eigenvalue weighted by Gasteiger charge is 2.19. The number of aliphatic carboxylic acids is 1. The molecule has 0 aliphatic rings. The third-order valence-corrected chi connectivity index (χ3v) is 2.50. The summed E-state index contributed by atoms with van der Waals surface area (Å²) in [5.41, 5.74) is 0.395. The van der Waals surface area contributed by atoms with Crippen LogP contribution in [0.4, 0.5) is 5.69 Å². The van der Waals surface area contributed by atoms with E-state index in [9.17, 15) is 14.9 Å². The Hall–Kier alpha value is -3.46. The fraction of sp³-hybridized carbons (Fsp3) is 0. The summed E-state index contributed by atoms with van der Waals surface area (Å²) in [7, 11) is 0. The van der Waals surface area contributed by atoms with E-state index in [0.717, 1.165) is 0 Å². The number of carboxylic acids is 1. The molecule has 0 saturated heterocycles. The third kappa shape index (κ3) is 4.58. The minimum Gasteiger partial charge on any atom is -0.472 e. The van der Waals surface area contributed by atoms with Crippen molar-refractivity contribution >= 4 is 17.4 Å².